The Labute approximate surface area is 113 Å². The van der Waals surface area contributed by atoms with Crippen molar-refractivity contribution in [2.24, 2.45) is 5.73 Å². The maximum Gasteiger partial charge on any atom is 0.0167 e. The van der Waals surface area contributed by atoms with Crippen molar-refractivity contribution in [1.29, 1.82) is 0 Å². The molecule has 0 atom stereocenters. The molecule has 1 rings (SSSR count). The van der Waals surface area contributed by atoms with Gasteiger partial charge in [-0.3, -0.25) is 0 Å². The molecule has 0 aliphatic heterocycles. The summed E-state index contributed by atoms with van der Waals surface area (Å²) in [5.41, 5.74) is 9.43. The van der Waals surface area contributed by atoms with E-state index in [0.717, 1.165) is 32.4 Å². The molecule has 104 valence electrons. The fourth-order valence-corrected chi connectivity index (χ4v) is 2.36. The number of rotatable bonds is 8. The van der Waals surface area contributed by atoms with Crippen LogP contribution in [-0.2, 0) is 0 Å². The van der Waals surface area contributed by atoms with Crippen molar-refractivity contribution >= 4 is 0 Å². The second-order valence-corrected chi connectivity index (χ2v) is 5.50. The van der Waals surface area contributed by atoms with Crippen molar-refractivity contribution in [3.8, 4) is 0 Å². The first-order valence-electron chi connectivity index (χ1n) is 7.50. The summed E-state index contributed by atoms with van der Waals surface area (Å²) >= 11 is 0. The molecule has 0 fully saturated rings. The largest absolute Gasteiger partial charge is 0.325 e. The van der Waals surface area contributed by atoms with E-state index in [-0.39, 0.29) is 5.54 Å². The second-order valence-electron chi connectivity index (χ2n) is 5.50. The molecule has 2 heteroatoms. The van der Waals surface area contributed by atoms with Gasteiger partial charge in [0.05, 0.1) is 0 Å². The van der Waals surface area contributed by atoms with Crippen LogP contribution in [0.5, 0.6) is 0 Å². The zero-order chi connectivity index (χ0) is 13.4. The molecule has 3 N–H and O–H groups in total. The summed E-state index contributed by atoms with van der Waals surface area (Å²) in [4.78, 5) is 0. The number of allylic oxidation sites excluding steroid dienone is 3. The molecule has 0 unspecified atom stereocenters. The van der Waals surface area contributed by atoms with E-state index in [1.54, 1.807) is 5.57 Å². The highest BCUT2D eigenvalue weighted by Gasteiger charge is 2.19. The third-order valence-corrected chi connectivity index (χ3v) is 4.34. The fourth-order valence-electron chi connectivity index (χ4n) is 2.36. The number of nitrogens with two attached hydrogens (primary N) is 1. The van der Waals surface area contributed by atoms with Gasteiger partial charge in [-0.2, -0.15) is 0 Å². The predicted molar refractivity (Wildman–Crippen MR) is 80.7 cm³/mol. The molecule has 0 aromatic heterocycles. The lowest BCUT2D eigenvalue weighted by Crippen LogP contribution is -2.41. The van der Waals surface area contributed by atoms with E-state index in [1.165, 1.54) is 24.8 Å². The van der Waals surface area contributed by atoms with Crippen LogP contribution in [-0.4, -0.2) is 18.6 Å². The molecular weight excluding hydrogens is 220 g/mol. The predicted octanol–water partition coefficient (Wildman–Crippen LogP) is 3.54. The molecule has 0 amide bonds. The van der Waals surface area contributed by atoms with Gasteiger partial charge in [-0.1, -0.05) is 44.1 Å². The van der Waals surface area contributed by atoms with Crippen molar-refractivity contribution in [2.75, 3.05) is 13.1 Å². The van der Waals surface area contributed by atoms with Crippen LogP contribution in [0.4, 0.5) is 0 Å². The minimum Gasteiger partial charge on any atom is -0.325 e. The third kappa shape index (κ3) is 4.95. The van der Waals surface area contributed by atoms with E-state index < -0.39 is 0 Å². The zero-order valence-electron chi connectivity index (χ0n) is 12.4. The molecule has 0 aromatic carbocycles. The Morgan fingerprint density at radius 1 is 1.11 bits per heavy atom. The number of hydrogen-bond donors (Lipinski definition) is 2. The van der Waals surface area contributed by atoms with Crippen LogP contribution in [0.1, 0.15) is 59.3 Å². The Morgan fingerprint density at radius 3 is 2.22 bits per heavy atom. The Hall–Kier alpha value is -0.600. The maximum absolute atomic E-state index is 6.29. The van der Waals surface area contributed by atoms with Crippen LogP contribution in [0.2, 0.25) is 0 Å². The van der Waals surface area contributed by atoms with E-state index in [4.69, 9.17) is 5.73 Å². The summed E-state index contributed by atoms with van der Waals surface area (Å²) in [6.07, 6.45) is 11.5. The Morgan fingerprint density at radius 2 is 1.72 bits per heavy atom. The van der Waals surface area contributed by atoms with Crippen molar-refractivity contribution < 1.29 is 0 Å². The molecule has 1 aliphatic rings. The average molecular weight is 250 g/mol. The molecule has 0 spiro atoms. The van der Waals surface area contributed by atoms with Crippen LogP contribution in [0.15, 0.2) is 23.3 Å². The van der Waals surface area contributed by atoms with Gasteiger partial charge < -0.3 is 11.1 Å². The lowest BCUT2D eigenvalue weighted by atomic mass is 9.90. The van der Waals surface area contributed by atoms with E-state index >= 15 is 0 Å². The SMILES string of the molecule is CCC1=CC=C(CNCCC(N)(CC)CC)CC1. The lowest BCUT2D eigenvalue weighted by Gasteiger charge is -2.26. The summed E-state index contributed by atoms with van der Waals surface area (Å²) in [5.74, 6) is 0. The first-order valence-corrected chi connectivity index (χ1v) is 7.50. The van der Waals surface area contributed by atoms with Gasteiger partial charge >= 0.3 is 0 Å². The molecule has 0 bridgehead atoms. The highest BCUT2D eigenvalue weighted by atomic mass is 14.9. The fraction of sp³-hybridized carbons (Fsp3) is 0.750. The molecule has 18 heavy (non-hydrogen) atoms. The molecular formula is C16H30N2. The standard InChI is InChI=1S/C16H30N2/c1-4-14-7-9-15(10-8-14)13-18-12-11-16(17,5-2)6-3/h7,9,18H,4-6,8,10-13,17H2,1-3H3. The summed E-state index contributed by atoms with van der Waals surface area (Å²) in [6, 6.07) is 0. The third-order valence-electron chi connectivity index (χ3n) is 4.34. The zero-order valence-corrected chi connectivity index (χ0v) is 12.4. The van der Waals surface area contributed by atoms with E-state index in [2.05, 4.69) is 38.2 Å². The number of nitrogens with one attached hydrogen (secondary N) is 1. The van der Waals surface area contributed by atoms with E-state index in [0.29, 0.717) is 0 Å². The normalized spacial score (nSPS) is 16.4. The van der Waals surface area contributed by atoms with Gasteiger partial charge in [0.2, 0.25) is 0 Å². The van der Waals surface area contributed by atoms with Crippen LogP contribution in [0.3, 0.4) is 0 Å². The summed E-state index contributed by atoms with van der Waals surface area (Å²) < 4.78 is 0. The summed E-state index contributed by atoms with van der Waals surface area (Å²) in [6.45, 7) is 8.66. The second kappa shape index (κ2) is 7.75. The van der Waals surface area contributed by atoms with Gasteiger partial charge in [0.25, 0.3) is 0 Å². The van der Waals surface area contributed by atoms with Crippen molar-refractivity contribution in [3.63, 3.8) is 0 Å². The summed E-state index contributed by atoms with van der Waals surface area (Å²) in [5, 5.41) is 3.53. The molecule has 0 radical (unpaired) electrons. The van der Waals surface area contributed by atoms with Gasteiger partial charge in [0.1, 0.15) is 0 Å². The lowest BCUT2D eigenvalue weighted by molar-refractivity contribution is 0.361. The number of hydrogen-bond acceptors (Lipinski definition) is 2. The van der Waals surface area contributed by atoms with Crippen molar-refractivity contribution in [2.45, 2.75) is 64.8 Å². The summed E-state index contributed by atoms with van der Waals surface area (Å²) in [7, 11) is 0. The van der Waals surface area contributed by atoms with Gasteiger partial charge in [-0.25, -0.2) is 0 Å². The molecule has 0 heterocycles. The average Bonchev–Trinajstić information content (AvgIpc) is 2.44. The topological polar surface area (TPSA) is 38.0 Å². The van der Waals surface area contributed by atoms with Gasteiger partial charge in [-0.05, 0) is 45.1 Å². The van der Waals surface area contributed by atoms with E-state index in [1.807, 2.05) is 0 Å². The van der Waals surface area contributed by atoms with Crippen LogP contribution in [0, 0.1) is 0 Å². The first-order chi connectivity index (χ1) is 8.63. The highest BCUT2D eigenvalue weighted by Crippen LogP contribution is 2.20. The molecule has 1 aliphatic carbocycles. The molecule has 0 aromatic rings. The minimum absolute atomic E-state index is 0.0310. The van der Waals surface area contributed by atoms with Crippen LogP contribution >= 0.6 is 0 Å². The highest BCUT2D eigenvalue weighted by molar-refractivity contribution is 5.24. The Bertz CT molecular complexity index is 298. The molecule has 0 saturated heterocycles. The first kappa shape index (κ1) is 15.5. The van der Waals surface area contributed by atoms with Crippen molar-refractivity contribution in [3.05, 3.63) is 23.3 Å². The quantitative estimate of drug-likeness (QED) is 0.647. The van der Waals surface area contributed by atoms with E-state index in [9.17, 15) is 0 Å². The van der Waals surface area contributed by atoms with Crippen molar-refractivity contribution in [1.82, 2.24) is 5.32 Å². The Kier molecular flexibility index (Phi) is 6.66. The van der Waals surface area contributed by atoms with Gasteiger partial charge in [0.15, 0.2) is 0 Å². The maximum atomic E-state index is 6.29. The molecule has 2 nitrogen and oxygen atoms in total. The minimum atomic E-state index is 0.0310. The smallest absolute Gasteiger partial charge is 0.0167 e. The van der Waals surface area contributed by atoms with Crippen LogP contribution in [0.25, 0.3) is 0 Å². The van der Waals surface area contributed by atoms with Gasteiger partial charge in [0, 0.05) is 12.1 Å². The molecule has 0 saturated carbocycles. The van der Waals surface area contributed by atoms with Crippen LogP contribution < -0.4 is 11.1 Å². The van der Waals surface area contributed by atoms with Gasteiger partial charge in [-0.15, -0.1) is 0 Å². The Balaban J connectivity index is 2.23. The monoisotopic (exact) mass is 250 g/mol.